The van der Waals surface area contributed by atoms with Crippen LogP contribution in [0.5, 0.6) is 0 Å². The number of nitrogens with zero attached hydrogens (tertiary/aromatic N) is 3. The second kappa shape index (κ2) is 6.65. The zero-order valence-corrected chi connectivity index (χ0v) is 12.2. The Morgan fingerprint density at radius 1 is 1.50 bits per heavy atom. The van der Waals surface area contributed by atoms with Crippen LogP contribution in [-0.4, -0.2) is 41.8 Å². The van der Waals surface area contributed by atoms with E-state index in [4.69, 9.17) is 5.73 Å². The van der Waals surface area contributed by atoms with E-state index < -0.39 is 0 Å². The fourth-order valence-corrected chi connectivity index (χ4v) is 2.18. The fourth-order valence-electron chi connectivity index (χ4n) is 2.18. The van der Waals surface area contributed by atoms with Crippen LogP contribution < -0.4 is 16.0 Å². The highest BCUT2D eigenvalue weighted by molar-refractivity contribution is 5.92. The summed E-state index contributed by atoms with van der Waals surface area (Å²) in [6.07, 6.45) is 1.93. The van der Waals surface area contributed by atoms with Crippen LogP contribution in [0.3, 0.4) is 0 Å². The summed E-state index contributed by atoms with van der Waals surface area (Å²) in [4.78, 5) is 14.0. The Morgan fingerprint density at radius 2 is 2.30 bits per heavy atom. The van der Waals surface area contributed by atoms with Crippen LogP contribution in [0.25, 0.3) is 0 Å². The van der Waals surface area contributed by atoms with Crippen molar-refractivity contribution in [2.24, 2.45) is 11.7 Å². The number of carbonyl (C=O) groups excluding carboxylic acids is 1. The van der Waals surface area contributed by atoms with E-state index in [0.29, 0.717) is 18.2 Å². The molecule has 0 aromatic carbocycles. The molecule has 1 aromatic rings. The van der Waals surface area contributed by atoms with Gasteiger partial charge in [0.15, 0.2) is 11.5 Å². The fraction of sp³-hybridized carbons (Fsp3) is 0.643. The predicted molar refractivity (Wildman–Crippen MR) is 78.6 cm³/mol. The number of hydrogen-bond acceptors (Lipinski definition) is 5. The van der Waals surface area contributed by atoms with Crippen LogP contribution in [0.1, 0.15) is 37.2 Å². The molecule has 1 atom stereocenters. The van der Waals surface area contributed by atoms with E-state index in [9.17, 15) is 4.79 Å². The molecule has 1 saturated heterocycles. The van der Waals surface area contributed by atoms with Crippen molar-refractivity contribution in [2.45, 2.75) is 32.7 Å². The molecule has 110 valence electrons. The quantitative estimate of drug-likeness (QED) is 0.831. The van der Waals surface area contributed by atoms with Crippen LogP contribution in [0.4, 0.5) is 5.82 Å². The molecule has 2 heterocycles. The molecule has 6 nitrogen and oxygen atoms in total. The molecule has 6 heteroatoms. The van der Waals surface area contributed by atoms with E-state index in [1.807, 2.05) is 6.07 Å². The molecular weight excluding hydrogens is 254 g/mol. The van der Waals surface area contributed by atoms with Gasteiger partial charge in [-0.1, -0.05) is 13.8 Å². The smallest absolute Gasteiger partial charge is 0.271 e. The molecule has 0 aliphatic carbocycles. The topological polar surface area (TPSA) is 84.1 Å². The summed E-state index contributed by atoms with van der Waals surface area (Å²) in [5.41, 5.74) is 6.23. The van der Waals surface area contributed by atoms with E-state index in [1.54, 1.807) is 6.07 Å². The number of carbonyl (C=O) groups is 1. The number of anilines is 1. The third-order valence-electron chi connectivity index (χ3n) is 3.44. The van der Waals surface area contributed by atoms with Crippen molar-refractivity contribution >= 4 is 11.7 Å². The number of nitrogens with two attached hydrogens (primary N) is 1. The largest absolute Gasteiger partial charge is 0.354 e. The van der Waals surface area contributed by atoms with Crippen molar-refractivity contribution in [3.63, 3.8) is 0 Å². The lowest BCUT2D eigenvalue weighted by Gasteiger charge is -2.15. The minimum Gasteiger partial charge on any atom is -0.354 e. The first-order valence-corrected chi connectivity index (χ1v) is 7.18. The van der Waals surface area contributed by atoms with Gasteiger partial charge in [0.05, 0.1) is 0 Å². The van der Waals surface area contributed by atoms with Gasteiger partial charge in [-0.3, -0.25) is 4.79 Å². The Labute approximate surface area is 119 Å². The normalized spacial score (nSPS) is 18.6. The summed E-state index contributed by atoms with van der Waals surface area (Å²) in [7, 11) is 0. The molecule has 1 aromatic heterocycles. The van der Waals surface area contributed by atoms with Crippen molar-refractivity contribution in [3.8, 4) is 0 Å². The number of rotatable bonds is 5. The number of hydrogen-bond donors (Lipinski definition) is 2. The van der Waals surface area contributed by atoms with Gasteiger partial charge in [0, 0.05) is 25.7 Å². The summed E-state index contributed by atoms with van der Waals surface area (Å²) < 4.78 is 0. The van der Waals surface area contributed by atoms with Gasteiger partial charge in [-0.2, -0.15) is 0 Å². The third kappa shape index (κ3) is 3.90. The Kier molecular flexibility index (Phi) is 4.89. The van der Waals surface area contributed by atoms with Gasteiger partial charge in [-0.25, -0.2) is 0 Å². The van der Waals surface area contributed by atoms with Gasteiger partial charge >= 0.3 is 0 Å². The van der Waals surface area contributed by atoms with Crippen LogP contribution in [0.15, 0.2) is 12.1 Å². The van der Waals surface area contributed by atoms with Crippen molar-refractivity contribution in [1.29, 1.82) is 0 Å². The maximum Gasteiger partial charge on any atom is 0.271 e. The van der Waals surface area contributed by atoms with Crippen molar-refractivity contribution in [1.82, 2.24) is 15.5 Å². The summed E-state index contributed by atoms with van der Waals surface area (Å²) >= 11 is 0. The lowest BCUT2D eigenvalue weighted by molar-refractivity contribution is 0.0946. The van der Waals surface area contributed by atoms with Gasteiger partial charge < -0.3 is 16.0 Å². The summed E-state index contributed by atoms with van der Waals surface area (Å²) in [6, 6.07) is 3.76. The summed E-state index contributed by atoms with van der Waals surface area (Å²) in [5, 5.41) is 11.0. The molecule has 0 saturated carbocycles. The first kappa shape index (κ1) is 14.7. The van der Waals surface area contributed by atoms with E-state index >= 15 is 0 Å². The number of aromatic nitrogens is 2. The Morgan fingerprint density at radius 3 is 2.85 bits per heavy atom. The SMILES string of the molecule is CC(C)CCNC(=O)c1ccc(N2CCC(N)C2)nn1. The first-order chi connectivity index (χ1) is 9.56. The second-order valence-electron chi connectivity index (χ2n) is 5.71. The molecule has 1 aliphatic rings. The van der Waals surface area contributed by atoms with Gasteiger partial charge in [-0.15, -0.1) is 10.2 Å². The number of nitrogens with one attached hydrogen (secondary N) is 1. The molecular formula is C14H23N5O. The number of amides is 1. The Hall–Kier alpha value is -1.69. The lowest BCUT2D eigenvalue weighted by Crippen LogP contribution is -2.28. The first-order valence-electron chi connectivity index (χ1n) is 7.18. The van der Waals surface area contributed by atoms with Gasteiger partial charge in [-0.05, 0) is 30.9 Å². The third-order valence-corrected chi connectivity index (χ3v) is 3.44. The Bertz CT molecular complexity index is 445. The molecule has 3 N–H and O–H groups in total. The zero-order valence-electron chi connectivity index (χ0n) is 12.2. The minimum atomic E-state index is -0.164. The van der Waals surface area contributed by atoms with Crippen LogP contribution in [0, 0.1) is 5.92 Å². The molecule has 1 unspecified atom stereocenters. The average Bonchev–Trinajstić information content (AvgIpc) is 2.85. The van der Waals surface area contributed by atoms with Crippen molar-refractivity contribution in [3.05, 3.63) is 17.8 Å². The lowest BCUT2D eigenvalue weighted by atomic mass is 10.1. The molecule has 20 heavy (non-hydrogen) atoms. The summed E-state index contributed by atoms with van der Waals surface area (Å²) in [5.74, 6) is 1.20. The molecule has 0 bridgehead atoms. The monoisotopic (exact) mass is 277 g/mol. The highest BCUT2D eigenvalue weighted by Gasteiger charge is 2.20. The highest BCUT2D eigenvalue weighted by Crippen LogP contribution is 2.16. The minimum absolute atomic E-state index is 0.164. The molecule has 1 aliphatic heterocycles. The highest BCUT2D eigenvalue weighted by atomic mass is 16.1. The Balaban J connectivity index is 1.89. The van der Waals surface area contributed by atoms with E-state index in [2.05, 4.69) is 34.3 Å². The van der Waals surface area contributed by atoms with Crippen molar-refractivity contribution in [2.75, 3.05) is 24.5 Å². The van der Waals surface area contributed by atoms with E-state index in [1.165, 1.54) is 0 Å². The van der Waals surface area contributed by atoms with Gasteiger partial charge in [0.25, 0.3) is 5.91 Å². The maximum atomic E-state index is 11.9. The molecule has 1 amide bonds. The molecule has 1 fully saturated rings. The standard InChI is InChI=1S/C14H23N5O/c1-10(2)5-7-16-14(20)12-3-4-13(18-17-12)19-8-6-11(15)9-19/h3-4,10-11H,5-9,15H2,1-2H3,(H,16,20). The summed E-state index contributed by atoms with van der Waals surface area (Å²) in [6.45, 7) is 6.62. The molecule has 0 spiro atoms. The van der Waals surface area contributed by atoms with E-state index in [0.717, 1.165) is 31.7 Å². The molecule has 2 rings (SSSR count). The van der Waals surface area contributed by atoms with Crippen LogP contribution in [-0.2, 0) is 0 Å². The molecule has 0 radical (unpaired) electrons. The average molecular weight is 277 g/mol. The predicted octanol–water partition coefficient (Wildman–Crippen LogP) is 0.790. The zero-order chi connectivity index (χ0) is 14.5. The van der Waals surface area contributed by atoms with E-state index in [-0.39, 0.29) is 11.9 Å². The van der Waals surface area contributed by atoms with Crippen molar-refractivity contribution < 1.29 is 4.79 Å². The van der Waals surface area contributed by atoms with Crippen LogP contribution >= 0.6 is 0 Å². The van der Waals surface area contributed by atoms with Gasteiger partial charge in [0.2, 0.25) is 0 Å². The maximum absolute atomic E-state index is 11.9. The van der Waals surface area contributed by atoms with Gasteiger partial charge in [0.1, 0.15) is 0 Å². The second-order valence-corrected chi connectivity index (χ2v) is 5.71. The van der Waals surface area contributed by atoms with Crippen LogP contribution in [0.2, 0.25) is 0 Å².